The lowest BCUT2D eigenvalue weighted by atomic mass is 9.84. The van der Waals surface area contributed by atoms with Crippen molar-refractivity contribution in [3.63, 3.8) is 0 Å². The second kappa shape index (κ2) is 5.30. The zero-order valence-corrected chi connectivity index (χ0v) is 11.4. The Morgan fingerprint density at radius 1 is 0.947 bits per heavy atom. The van der Waals surface area contributed by atoms with Crippen LogP contribution in [-0.4, -0.2) is 26.3 Å². The molecule has 0 bridgehead atoms. The molecular weight excluding hydrogens is 242 g/mol. The third kappa shape index (κ3) is 2.54. The highest BCUT2D eigenvalue weighted by Gasteiger charge is 2.27. The van der Waals surface area contributed by atoms with Crippen molar-refractivity contribution >= 4 is 11.6 Å². The predicted octanol–water partition coefficient (Wildman–Crippen LogP) is 1.86. The minimum Gasteiger partial charge on any atom is -0.320 e. The molecule has 1 aromatic rings. The maximum atomic E-state index is 12.2. The summed E-state index contributed by atoms with van der Waals surface area (Å²) >= 11 is 0. The Hall–Kier alpha value is -2.04. The zero-order valence-electron chi connectivity index (χ0n) is 11.4. The summed E-state index contributed by atoms with van der Waals surface area (Å²) in [5.41, 5.74) is 2.40. The molecule has 0 saturated heterocycles. The quantitative estimate of drug-likeness (QED) is 0.774. The SMILES string of the molecule is CC1=C(C)C(=O)C(CCCn2cnnc2)=C(C)C1=O. The van der Waals surface area contributed by atoms with E-state index >= 15 is 0 Å². The van der Waals surface area contributed by atoms with Gasteiger partial charge < -0.3 is 4.57 Å². The Balaban J connectivity index is 2.07. The lowest BCUT2D eigenvalue weighted by Gasteiger charge is -2.18. The van der Waals surface area contributed by atoms with Crippen LogP contribution in [0.4, 0.5) is 0 Å². The molecule has 5 heteroatoms. The van der Waals surface area contributed by atoms with Gasteiger partial charge in [0.15, 0.2) is 11.6 Å². The average molecular weight is 259 g/mol. The summed E-state index contributed by atoms with van der Waals surface area (Å²) in [6, 6.07) is 0. The maximum absolute atomic E-state index is 12.2. The fourth-order valence-corrected chi connectivity index (χ4v) is 2.23. The van der Waals surface area contributed by atoms with E-state index in [1.54, 1.807) is 33.4 Å². The molecule has 100 valence electrons. The second-order valence-corrected chi connectivity index (χ2v) is 4.82. The molecular formula is C14H17N3O2. The minimum absolute atomic E-state index is 0.00334. The third-order valence-electron chi connectivity index (χ3n) is 3.62. The summed E-state index contributed by atoms with van der Waals surface area (Å²) in [7, 11) is 0. The molecule has 1 heterocycles. The molecule has 5 nitrogen and oxygen atoms in total. The van der Waals surface area contributed by atoms with Gasteiger partial charge in [-0.1, -0.05) is 0 Å². The van der Waals surface area contributed by atoms with Gasteiger partial charge in [-0.3, -0.25) is 9.59 Å². The van der Waals surface area contributed by atoms with Crippen LogP contribution in [0.1, 0.15) is 33.6 Å². The number of ketones is 2. The van der Waals surface area contributed by atoms with Crippen molar-refractivity contribution in [1.29, 1.82) is 0 Å². The Labute approximate surface area is 112 Å². The Bertz CT molecular complexity index is 580. The van der Waals surface area contributed by atoms with Gasteiger partial charge in [0.05, 0.1) is 0 Å². The number of carbonyl (C=O) groups excluding carboxylic acids is 2. The fourth-order valence-electron chi connectivity index (χ4n) is 2.23. The van der Waals surface area contributed by atoms with Crippen molar-refractivity contribution in [3.05, 3.63) is 34.9 Å². The van der Waals surface area contributed by atoms with Crippen LogP contribution in [0.15, 0.2) is 34.9 Å². The van der Waals surface area contributed by atoms with Gasteiger partial charge in [0, 0.05) is 28.8 Å². The lowest BCUT2D eigenvalue weighted by molar-refractivity contribution is -0.116. The van der Waals surface area contributed by atoms with Crippen LogP contribution < -0.4 is 0 Å². The van der Waals surface area contributed by atoms with E-state index in [-0.39, 0.29) is 11.6 Å². The van der Waals surface area contributed by atoms with Gasteiger partial charge in [0.25, 0.3) is 0 Å². The topological polar surface area (TPSA) is 64.8 Å². The number of Topliss-reactive ketones (excluding diaryl/α,β-unsaturated/α-hetero) is 2. The molecule has 0 aliphatic heterocycles. The summed E-state index contributed by atoms with van der Waals surface area (Å²) in [4.78, 5) is 24.2. The first-order chi connectivity index (χ1) is 9.02. The van der Waals surface area contributed by atoms with E-state index in [2.05, 4.69) is 10.2 Å². The van der Waals surface area contributed by atoms with Gasteiger partial charge in [0.2, 0.25) is 0 Å². The lowest BCUT2D eigenvalue weighted by Crippen LogP contribution is -2.20. The molecule has 0 fully saturated rings. The molecule has 0 unspecified atom stereocenters. The molecule has 19 heavy (non-hydrogen) atoms. The Kier molecular flexibility index (Phi) is 3.74. The summed E-state index contributed by atoms with van der Waals surface area (Å²) in [5, 5.41) is 7.45. The van der Waals surface area contributed by atoms with Crippen molar-refractivity contribution in [2.75, 3.05) is 0 Å². The molecule has 0 radical (unpaired) electrons. The van der Waals surface area contributed by atoms with E-state index in [1.165, 1.54) is 0 Å². The second-order valence-electron chi connectivity index (χ2n) is 4.82. The highest BCUT2D eigenvalue weighted by atomic mass is 16.1. The molecule has 0 aromatic carbocycles. The van der Waals surface area contributed by atoms with Crippen LogP contribution in [0, 0.1) is 0 Å². The Morgan fingerprint density at radius 2 is 1.53 bits per heavy atom. The number of aromatic nitrogens is 3. The normalized spacial score (nSPS) is 16.6. The maximum Gasteiger partial charge on any atom is 0.185 e. The summed E-state index contributed by atoms with van der Waals surface area (Å²) in [6.07, 6.45) is 4.68. The molecule has 0 saturated carbocycles. The smallest absolute Gasteiger partial charge is 0.185 e. The average Bonchev–Trinajstić information content (AvgIpc) is 2.91. The summed E-state index contributed by atoms with van der Waals surface area (Å²) in [5.74, 6) is 0.00903. The van der Waals surface area contributed by atoms with Crippen LogP contribution in [-0.2, 0) is 16.1 Å². The highest BCUT2D eigenvalue weighted by Crippen LogP contribution is 2.26. The summed E-state index contributed by atoms with van der Waals surface area (Å²) < 4.78 is 1.86. The molecule has 0 N–H and O–H groups in total. The van der Waals surface area contributed by atoms with Crippen molar-refractivity contribution in [2.45, 2.75) is 40.2 Å². The highest BCUT2D eigenvalue weighted by molar-refractivity contribution is 6.24. The van der Waals surface area contributed by atoms with Crippen LogP contribution in [0.25, 0.3) is 0 Å². The molecule has 0 spiro atoms. The summed E-state index contributed by atoms with van der Waals surface area (Å²) in [6.45, 7) is 5.92. The number of rotatable bonds is 4. The number of carbonyl (C=O) groups is 2. The van der Waals surface area contributed by atoms with E-state index in [4.69, 9.17) is 0 Å². The largest absolute Gasteiger partial charge is 0.320 e. The van der Waals surface area contributed by atoms with Crippen LogP contribution in [0.3, 0.4) is 0 Å². The first-order valence-electron chi connectivity index (χ1n) is 6.31. The first-order valence-corrected chi connectivity index (χ1v) is 6.31. The van der Waals surface area contributed by atoms with Crippen LogP contribution in [0.5, 0.6) is 0 Å². The van der Waals surface area contributed by atoms with E-state index in [9.17, 15) is 9.59 Å². The van der Waals surface area contributed by atoms with E-state index in [0.29, 0.717) is 28.7 Å². The fraction of sp³-hybridized carbons (Fsp3) is 0.429. The molecule has 1 aromatic heterocycles. The number of allylic oxidation sites excluding steroid dienone is 4. The van der Waals surface area contributed by atoms with Crippen molar-refractivity contribution in [1.82, 2.24) is 14.8 Å². The predicted molar refractivity (Wildman–Crippen MR) is 70.3 cm³/mol. The van der Waals surface area contributed by atoms with E-state index in [1.807, 2.05) is 4.57 Å². The van der Waals surface area contributed by atoms with Gasteiger partial charge in [-0.2, -0.15) is 0 Å². The van der Waals surface area contributed by atoms with Crippen molar-refractivity contribution < 1.29 is 9.59 Å². The molecule has 0 amide bonds. The van der Waals surface area contributed by atoms with Gasteiger partial charge in [-0.05, 0) is 33.6 Å². The number of hydrogen-bond acceptors (Lipinski definition) is 4. The monoisotopic (exact) mass is 259 g/mol. The van der Waals surface area contributed by atoms with Gasteiger partial charge in [0.1, 0.15) is 12.7 Å². The Morgan fingerprint density at radius 3 is 2.16 bits per heavy atom. The number of hydrogen-bond donors (Lipinski definition) is 0. The van der Waals surface area contributed by atoms with E-state index in [0.717, 1.165) is 13.0 Å². The third-order valence-corrected chi connectivity index (χ3v) is 3.62. The van der Waals surface area contributed by atoms with Crippen LogP contribution in [0.2, 0.25) is 0 Å². The standard InChI is InChI=1S/C14H17N3O2/c1-9-10(2)14(19)12(11(3)13(9)18)5-4-6-17-7-15-16-8-17/h7-8H,4-6H2,1-3H3. The molecule has 1 aliphatic carbocycles. The molecule has 0 atom stereocenters. The number of nitrogens with zero attached hydrogens (tertiary/aromatic N) is 3. The zero-order chi connectivity index (χ0) is 14.0. The molecule has 2 rings (SSSR count). The van der Waals surface area contributed by atoms with Gasteiger partial charge >= 0.3 is 0 Å². The van der Waals surface area contributed by atoms with E-state index < -0.39 is 0 Å². The van der Waals surface area contributed by atoms with Gasteiger partial charge in [-0.15, -0.1) is 10.2 Å². The molecule has 1 aliphatic rings. The van der Waals surface area contributed by atoms with Crippen molar-refractivity contribution in [2.24, 2.45) is 0 Å². The minimum atomic E-state index is -0.00334. The van der Waals surface area contributed by atoms with Gasteiger partial charge in [-0.25, -0.2) is 0 Å². The van der Waals surface area contributed by atoms with Crippen LogP contribution >= 0.6 is 0 Å². The number of aryl methyl sites for hydroxylation is 1. The first kappa shape index (κ1) is 13.4. The van der Waals surface area contributed by atoms with Crippen molar-refractivity contribution in [3.8, 4) is 0 Å².